The highest BCUT2D eigenvalue weighted by molar-refractivity contribution is 9.14. The van der Waals surface area contributed by atoms with E-state index in [2.05, 4.69) is 0 Å². The van der Waals surface area contributed by atoms with Gasteiger partial charge in [0, 0.05) is 56.3 Å². The van der Waals surface area contributed by atoms with E-state index in [-0.39, 0.29) is 56.3 Å². The fourth-order valence-corrected chi connectivity index (χ4v) is 310. The highest BCUT2D eigenvalue weighted by atomic mass is 33.0. The normalized spacial score (nSPS) is 16.6. The molecule has 0 atom stereocenters. The zero-order valence-electron chi connectivity index (χ0n) is 22.0. The summed E-state index contributed by atoms with van der Waals surface area (Å²) in [4.78, 5) is 0. The molecule has 31 heteroatoms. The molecule has 0 aliphatic carbocycles. The Bertz CT molecular complexity index is 1630. The fraction of sp³-hybridized carbons (Fsp3) is 1.00. The molecule has 0 aromatic carbocycles. The molecule has 0 fully saturated rings. The molecule has 40 heavy (non-hydrogen) atoms. The molecule has 0 saturated heterocycles. The Hall–Kier alpha value is 0.631. The lowest BCUT2D eigenvalue weighted by Crippen LogP contribution is -2.75. The van der Waals surface area contributed by atoms with Crippen LogP contribution in [0.15, 0.2) is 0 Å². The van der Waals surface area contributed by atoms with Crippen molar-refractivity contribution in [1.29, 1.82) is 0 Å². The van der Waals surface area contributed by atoms with Crippen molar-refractivity contribution in [2.24, 2.45) is 0 Å². The summed E-state index contributed by atoms with van der Waals surface area (Å²) >= 11 is 0. The zero-order valence-corrected chi connectivity index (χ0v) is 33.2. The first-order valence-corrected chi connectivity index (χ1v) is 42.6. The maximum atomic E-state index is 13.4. The SMILES string of the molecule is CS(=O)(=O)[Si](P([Si](S(C)(=O)=O)(S(C)(=O)=O)S(C)(=O)=O)[Si](S(C)(=O)=O)(S(C)(=O)=O)S(C)(=O)=O)(S(C)(=O)=O)S(C)(=O)=O. The van der Waals surface area contributed by atoms with Crippen LogP contribution in [0.4, 0.5) is 0 Å². The summed E-state index contributed by atoms with van der Waals surface area (Å²) in [7, 11) is -55.8. The molecule has 0 N–H and O–H groups in total. The first-order chi connectivity index (χ1) is 16.6. The molecule has 0 saturated carbocycles. The molecule has 242 valence electrons. The van der Waals surface area contributed by atoms with Crippen LogP contribution in [0.1, 0.15) is 0 Å². The predicted molar refractivity (Wildman–Crippen MR) is 158 cm³/mol. The van der Waals surface area contributed by atoms with Crippen molar-refractivity contribution in [3.63, 3.8) is 0 Å². The van der Waals surface area contributed by atoms with Crippen molar-refractivity contribution >= 4 is 106 Å². The largest absolute Gasteiger partial charge is 0.472 e. The van der Waals surface area contributed by atoms with Gasteiger partial charge in [0.2, 0.25) is 0 Å². The quantitative estimate of drug-likeness (QED) is 0.132. The predicted octanol–water partition coefficient (Wildman–Crippen LogP) is -4.82. The highest BCUT2D eigenvalue weighted by Gasteiger charge is 2.94. The Morgan fingerprint density at radius 2 is 0.325 bits per heavy atom. The van der Waals surface area contributed by atoms with Crippen LogP contribution in [0, 0.1) is 0 Å². The van der Waals surface area contributed by atoms with Gasteiger partial charge in [-0.15, -0.1) is 0 Å². The van der Waals surface area contributed by atoms with Gasteiger partial charge in [-0.05, 0) is 6.57 Å². The molecule has 0 rings (SSSR count). The van der Waals surface area contributed by atoms with E-state index in [1.807, 2.05) is 0 Å². The van der Waals surface area contributed by atoms with Gasteiger partial charge in [-0.1, -0.05) is 0 Å². The average molecular weight is 827 g/mol. The maximum Gasteiger partial charge on any atom is 0.472 e. The molecular weight excluding hydrogens is 800 g/mol. The molecule has 0 radical (unpaired) electrons. The zero-order chi connectivity index (χ0) is 33.6. The van der Waals surface area contributed by atoms with E-state index < -0.39 is 106 Å². The van der Waals surface area contributed by atoms with E-state index in [4.69, 9.17) is 0 Å². The molecule has 0 spiro atoms. The van der Waals surface area contributed by atoms with Crippen molar-refractivity contribution in [3.05, 3.63) is 0 Å². The molecule has 0 aromatic heterocycles. The Morgan fingerprint density at radius 1 is 0.250 bits per heavy atom. The fourth-order valence-electron chi connectivity index (χ4n) is 4.47. The topological polar surface area (TPSA) is 307 Å². The van der Waals surface area contributed by atoms with Crippen molar-refractivity contribution in [2.45, 2.75) is 0 Å². The average Bonchev–Trinajstić information content (AvgIpc) is 2.41. The van der Waals surface area contributed by atoms with Gasteiger partial charge in [-0.25, -0.2) is 75.8 Å². The van der Waals surface area contributed by atoms with E-state index in [1.165, 1.54) is 0 Å². The number of hydrogen-bond acceptors (Lipinski definition) is 18. The third-order valence-corrected chi connectivity index (χ3v) is 180. The third kappa shape index (κ3) is 5.51. The lowest BCUT2D eigenvalue weighted by molar-refractivity contribution is 0.602. The maximum absolute atomic E-state index is 13.4. The Labute approximate surface area is 235 Å². The van der Waals surface area contributed by atoms with Crippen molar-refractivity contribution < 1.29 is 75.8 Å². The molecule has 0 heterocycles. The molecule has 0 amide bonds. The number of rotatable bonds is 12. The van der Waals surface area contributed by atoms with Crippen LogP contribution in [0.25, 0.3) is 0 Å². The van der Waals surface area contributed by atoms with Crippen LogP contribution in [-0.4, -0.2) is 148 Å². The van der Waals surface area contributed by atoms with Crippen LogP contribution in [0.3, 0.4) is 0 Å². The summed E-state index contributed by atoms with van der Waals surface area (Å²) in [5.41, 5.74) is 0. The summed E-state index contributed by atoms with van der Waals surface area (Å²) in [6.45, 7) is -5.67. The molecular formula is C9H27O18PS9Si3. The molecule has 0 bridgehead atoms. The van der Waals surface area contributed by atoms with Crippen LogP contribution in [-0.2, 0) is 83.6 Å². The van der Waals surface area contributed by atoms with E-state index in [0.29, 0.717) is 0 Å². The second-order valence-electron chi connectivity index (χ2n) is 8.86. The molecule has 0 aliphatic heterocycles. The summed E-state index contributed by atoms with van der Waals surface area (Å²) < 4.78 is 242. The smallest absolute Gasteiger partial charge is 0.233 e. The van der Waals surface area contributed by atoms with Gasteiger partial charge in [0.25, 0.3) is 0 Å². The van der Waals surface area contributed by atoms with Gasteiger partial charge < -0.3 is 0 Å². The minimum atomic E-state index is -7.63. The Morgan fingerprint density at radius 3 is 0.375 bits per heavy atom. The van der Waals surface area contributed by atoms with Crippen molar-refractivity contribution in [1.82, 2.24) is 0 Å². The third-order valence-electron chi connectivity index (χ3n) is 5.04. The standard InChI is InChI=1S/C9H27O18PS9Si3/c1-29(10,11)38(30(2,12)13,31(3,14)15)28(39(32(4,16)17,33(5,18)19)34(6,20)21)40(35(7,22)23,36(8,24)25)37(9,26)27/h1-9H3. The summed E-state index contributed by atoms with van der Waals surface area (Å²) in [5, 5.41) is -22.9. The van der Waals surface area contributed by atoms with Gasteiger partial charge in [-0.3, -0.25) is 0 Å². The minimum Gasteiger partial charge on any atom is -0.233 e. The Balaban J connectivity index is 11.0. The van der Waals surface area contributed by atoms with Gasteiger partial charge >= 0.3 is 15.6 Å². The van der Waals surface area contributed by atoms with Crippen LogP contribution in [0.5, 0.6) is 0 Å². The van der Waals surface area contributed by atoms with Gasteiger partial charge in [0.1, 0.15) is 0 Å². The second-order valence-corrected chi connectivity index (χ2v) is 92.4. The van der Waals surface area contributed by atoms with Crippen LogP contribution in [0.2, 0.25) is 0 Å². The summed E-state index contributed by atoms with van der Waals surface area (Å²) in [6, 6.07) is 0. The van der Waals surface area contributed by atoms with Crippen molar-refractivity contribution in [3.8, 4) is 0 Å². The van der Waals surface area contributed by atoms with Crippen LogP contribution < -0.4 is 0 Å². The second kappa shape index (κ2) is 10.3. The van der Waals surface area contributed by atoms with E-state index in [1.54, 1.807) is 0 Å². The van der Waals surface area contributed by atoms with Gasteiger partial charge in [0.15, 0.2) is 83.6 Å². The summed E-state index contributed by atoms with van der Waals surface area (Å²) in [5.74, 6) is 0. The lowest BCUT2D eigenvalue weighted by atomic mass is 12.0. The van der Waals surface area contributed by atoms with E-state index >= 15 is 0 Å². The minimum absolute atomic E-state index is 0.241. The van der Waals surface area contributed by atoms with Crippen molar-refractivity contribution in [2.75, 3.05) is 56.3 Å². The monoisotopic (exact) mass is 826 g/mol. The van der Waals surface area contributed by atoms with E-state index in [9.17, 15) is 75.8 Å². The van der Waals surface area contributed by atoms with Gasteiger partial charge in [0.05, 0.1) is 0 Å². The van der Waals surface area contributed by atoms with Crippen LogP contribution >= 0.6 is 6.57 Å². The number of hydrogen-bond donors (Lipinski definition) is 0. The van der Waals surface area contributed by atoms with Gasteiger partial charge in [-0.2, -0.15) is 0 Å². The Kier molecular flexibility index (Phi) is 10.5. The molecule has 0 unspecified atom stereocenters. The first-order valence-electron chi connectivity index (χ1n) is 9.18. The highest BCUT2D eigenvalue weighted by Crippen LogP contribution is 2.73. The first kappa shape index (κ1) is 40.6. The molecule has 0 aromatic rings. The molecule has 18 nitrogen and oxygen atoms in total. The summed E-state index contributed by atoms with van der Waals surface area (Å²) in [6.07, 6.45) is -2.17. The molecule has 0 aliphatic rings. The lowest BCUT2D eigenvalue weighted by Gasteiger charge is -2.45. The van der Waals surface area contributed by atoms with E-state index in [0.717, 1.165) is 0 Å².